The van der Waals surface area contributed by atoms with E-state index in [2.05, 4.69) is 44.5 Å². The van der Waals surface area contributed by atoms with E-state index in [1.165, 1.54) is 0 Å². The molecule has 1 aromatic rings. The molecular weight excluding hydrogens is 326 g/mol. The summed E-state index contributed by atoms with van der Waals surface area (Å²) in [6.07, 6.45) is 0.438. The summed E-state index contributed by atoms with van der Waals surface area (Å²) in [7, 11) is 5.45. The highest BCUT2D eigenvalue weighted by Crippen LogP contribution is 2.32. The van der Waals surface area contributed by atoms with Crippen LogP contribution in [0.5, 0.6) is 0 Å². The number of hydrogen-bond acceptors (Lipinski definition) is 5. The summed E-state index contributed by atoms with van der Waals surface area (Å²) in [6, 6.07) is 5.87. The zero-order chi connectivity index (χ0) is 14.7. The molecule has 4 N–H and O–H groups in total. The lowest BCUT2D eigenvalue weighted by atomic mass is 9.90. The minimum atomic E-state index is -1.01. The molecule has 4 nitrogen and oxygen atoms in total. The Labute approximate surface area is 128 Å². The zero-order valence-electron chi connectivity index (χ0n) is 11.7. The molecule has 0 amide bonds. The Balaban J connectivity index is 3.29. The predicted molar refractivity (Wildman–Crippen MR) is 85.5 cm³/mol. The van der Waals surface area contributed by atoms with Crippen molar-refractivity contribution in [3.8, 4) is 0 Å². The van der Waals surface area contributed by atoms with E-state index in [0.717, 1.165) is 14.9 Å². The zero-order valence-corrected chi connectivity index (χ0v) is 14.2. The molecule has 0 aromatic heterocycles. The molecule has 0 saturated carbocycles. The van der Waals surface area contributed by atoms with Gasteiger partial charge >= 0.3 is 0 Å². The molecule has 1 unspecified atom stereocenters. The first-order chi connectivity index (χ1) is 8.80. The molecular formula is C13H22BrN3OS. The van der Waals surface area contributed by atoms with E-state index in [-0.39, 0.29) is 0 Å². The molecule has 1 aromatic carbocycles. The van der Waals surface area contributed by atoms with Gasteiger partial charge in [0.05, 0.1) is 5.66 Å². The molecule has 0 aliphatic heterocycles. The fourth-order valence-corrected chi connectivity index (χ4v) is 2.81. The average molecular weight is 348 g/mol. The lowest BCUT2D eigenvalue weighted by Crippen LogP contribution is -2.58. The topological polar surface area (TPSA) is 56.3 Å². The van der Waals surface area contributed by atoms with Gasteiger partial charge in [0.15, 0.2) is 0 Å². The number of aliphatic hydroxyl groups is 1. The SMILES string of the molecule is CNC(C)(O)CC(NC)(NC)c1cc(Br)ccc1S. The lowest BCUT2D eigenvalue weighted by Gasteiger charge is -2.40. The molecule has 0 aliphatic carbocycles. The van der Waals surface area contributed by atoms with Crippen LogP contribution >= 0.6 is 28.6 Å². The van der Waals surface area contributed by atoms with Crippen LogP contribution in [0.4, 0.5) is 0 Å². The molecule has 1 rings (SSSR count). The van der Waals surface area contributed by atoms with Gasteiger partial charge in [-0.3, -0.25) is 16.0 Å². The van der Waals surface area contributed by atoms with Crippen molar-refractivity contribution in [3.05, 3.63) is 28.2 Å². The van der Waals surface area contributed by atoms with Crippen molar-refractivity contribution in [2.75, 3.05) is 21.1 Å². The van der Waals surface area contributed by atoms with Crippen LogP contribution in [0.1, 0.15) is 18.9 Å². The van der Waals surface area contributed by atoms with E-state index < -0.39 is 11.4 Å². The lowest BCUT2D eigenvalue weighted by molar-refractivity contribution is -0.0117. The monoisotopic (exact) mass is 347 g/mol. The Kier molecular flexibility index (Phi) is 5.85. The smallest absolute Gasteiger partial charge is 0.116 e. The minimum absolute atomic E-state index is 0.438. The van der Waals surface area contributed by atoms with Crippen molar-refractivity contribution in [2.45, 2.75) is 29.6 Å². The predicted octanol–water partition coefficient (Wildman–Crippen LogP) is 1.65. The summed E-state index contributed by atoms with van der Waals surface area (Å²) in [6.45, 7) is 1.74. The van der Waals surface area contributed by atoms with Crippen LogP contribution in [0.3, 0.4) is 0 Å². The molecule has 0 saturated heterocycles. The highest BCUT2D eigenvalue weighted by molar-refractivity contribution is 9.10. The Morgan fingerprint density at radius 2 is 1.79 bits per heavy atom. The summed E-state index contributed by atoms with van der Waals surface area (Å²) in [4.78, 5) is 0.860. The van der Waals surface area contributed by atoms with Crippen molar-refractivity contribution in [1.82, 2.24) is 16.0 Å². The molecule has 0 aliphatic rings. The highest BCUT2D eigenvalue weighted by atomic mass is 79.9. The maximum Gasteiger partial charge on any atom is 0.116 e. The number of thiol groups is 1. The average Bonchev–Trinajstić information content (AvgIpc) is 2.39. The first-order valence-electron chi connectivity index (χ1n) is 6.08. The molecule has 19 heavy (non-hydrogen) atoms. The van der Waals surface area contributed by atoms with Crippen LogP contribution in [0.2, 0.25) is 0 Å². The van der Waals surface area contributed by atoms with Gasteiger partial charge in [0.25, 0.3) is 0 Å². The van der Waals surface area contributed by atoms with Crippen molar-refractivity contribution in [2.24, 2.45) is 0 Å². The van der Waals surface area contributed by atoms with Crippen molar-refractivity contribution < 1.29 is 5.11 Å². The molecule has 0 bridgehead atoms. The molecule has 108 valence electrons. The second-order valence-corrected chi connectivity index (χ2v) is 6.16. The van der Waals surface area contributed by atoms with E-state index >= 15 is 0 Å². The number of rotatable bonds is 6. The maximum absolute atomic E-state index is 10.3. The fraction of sp³-hybridized carbons (Fsp3) is 0.538. The molecule has 0 spiro atoms. The van der Waals surface area contributed by atoms with Crippen LogP contribution in [-0.2, 0) is 5.66 Å². The Morgan fingerprint density at radius 1 is 1.21 bits per heavy atom. The van der Waals surface area contributed by atoms with E-state index in [1.807, 2.05) is 32.3 Å². The Morgan fingerprint density at radius 3 is 2.26 bits per heavy atom. The third-order valence-electron chi connectivity index (χ3n) is 3.42. The molecule has 1 atom stereocenters. The van der Waals surface area contributed by atoms with Gasteiger partial charge in [0, 0.05) is 21.4 Å². The molecule has 6 heteroatoms. The van der Waals surface area contributed by atoms with Crippen molar-refractivity contribution in [3.63, 3.8) is 0 Å². The van der Waals surface area contributed by atoms with Gasteiger partial charge < -0.3 is 5.11 Å². The van der Waals surface area contributed by atoms with Crippen LogP contribution in [-0.4, -0.2) is 32.0 Å². The summed E-state index contributed by atoms with van der Waals surface area (Å²) in [5.41, 5.74) is -0.604. The summed E-state index contributed by atoms with van der Waals surface area (Å²) >= 11 is 8.00. The first-order valence-corrected chi connectivity index (χ1v) is 7.32. The molecule has 0 radical (unpaired) electrons. The van der Waals surface area contributed by atoms with Gasteiger partial charge in [0.1, 0.15) is 5.72 Å². The van der Waals surface area contributed by atoms with Gasteiger partial charge in [-0.15, -0.1) is 12.6 Å². The molecule has 0 fully saturated rings. The third-order valence-corrected chi connectivity index (χ3v) is 4.30. The normalized spacial score (nSPS) is 15.3. The van der Waals surface area contributed by atoms with Gasteiger partial charge in [-0.1, -0.05) is 15.9 Å². The highest BCUT2D eigenvalue weighted by Gasteiger charge is 2.37. The van der Waals surface area contributed by atoms with Crippen molar-refractivity contribution in [1.29, 1.82) is 0 Å². The van der Waals surface area contributed by atoms with Gasteiger partial charge in [-0.2, -0.15) is 0 Å². The van der Waals surface area contributed by atoms with Gasteiger partial charge in [0.2, 0.25) is 0 Å². The van der Waals surface area contributed by atoms with Crippen molar-refractivity contribution >= 4 is 28.6 Å². The van der Waals surface area contributed by atoms with Gasteiger partial charge in [-0.25, -0.2) is 0 Å². The number of halogens is 1. The largest absolute Gasteiger partial charge is 0.376 e. The third kappa shape index (κ3) is 3.93. The summed E-state index contributed by atoms with van der Waals surface area (Å²) in [5, 5.41) is 19.7. The summed E-state index contributed by atoms with van der Waals surface area (Å²) in [5.74, 6) is 0. The second kappa shape index (κ2) is 6.56. The van der Waals surface area contributed by atoms with Crippen LogP contribution in [0.25, 0.3) is 0 Å². The van der Waals surface area contributed by atoms with Crippen LogP contribution < -0.4 is 16.0 Å². The van der Waals surface area contributed by atoms with E-state index in [1.54, 1.807) is 14.0 Å². The minimum Gasteiger partial charge on any atom is -0.376 e. The summed E-state index contributed by atoms with van der Waals surface area (Å²) < 4.78 is 0.972. The van der Waals surface area contributed by atoms with E-state index in [9.17, 15) is 5.11 Å². The van der Waals surface area contributed by atoms with E-state index in [0.29, 0.717) is 6.42 Å². The van der Waals surface area contributed by atoms with E-state index in [4.69, 9.17) is 0 Å². The maximum atomic E-state index is 10.3. The number of hydrogen-bond donors (Lipinski definition) is 5. The van der Waals surface area contributed by atoms with Crippen LogP contribution in [0, 0.1) is 0 Å². The first kappa shape index (κ1) is 16.9. The number of benzene rings is 1. The molecule has 0 heterocycles. The van der Waals surface area contributed by atoms with Gasteiger partial charge in [-0.05, 0) is 46.3 Å². The fourth-order valence-electron chi connectivity index (χ4n) is 2.12. The second-order valence-electron chi connectivity index (χ2n) is 4.77. The Hall–Kier alpha value is -0.110. The Bertz CT molecular complexity index is 436. The standard InChI is InChI=1S/C13H22BrN3OS/c1-12(18,15-2)8-13(16-3,17-4)10-7-9(14)5-6-11(10)19/h5-7,15-19H,8H2,1-4H3. The van der Waals surface area contributed by atoms with Crippen LogP contribution in [0.15, 0.2) is 27.6 Å². The number of nitrogens with one attached hydrogen (secondary N) is 3. The quantitative estimate of drug-likeness (QED) is 0.401.